The summed E-state index contributed by atoms with van der Waals surface area (Å²) >= 11 is 0. The summed E-state index contributed by atoms with van der Waals surface area (Å²) in [5.41, 5.74) is 5.93. The number of aromatic nitrogens is 1. The quantitative estimate of drug-likeness (QED) is 0.0329. The van der Waals surface area contributed by atoms with Crippen molar-refractivity contribution < 1.29 is 47.4 Å². The van der Waals surface area contributed by atoms with Crippen LogP contribution in [0.5, 0.6) is 5.75 Å². The van der Waals surface area contributed by atoms with Gasteiger partial charge >= 0.3 is 182 Å². The number of fused-ring (bicyclic) bond motifs is 1. The molecule has 0 spiro atoms. The summed E-state index contributed by atoms with van der Waals surface area (Å²) in [6, 6.07) is 15.9. The van der Waals surface area contributed by atoms with Crippen LogP contribution in [0.15, 0.2) is 72.1 Å². The molecule has 1 saturated carbocycles. The minimum absolute atomic E-state index is 0.0163. The van der Waals surface area contributed by atoms with Crippen molar-refractivity contribution in [2.75, 3.05) is 56.9 Å². The number of likely N-dealkylation sites (tertiary alicyclic amines) is 1. The van der Waals surface area contributed by atoms with Gasteiger partial charge in [0.2, 0.25) is 11.8 Å². The number of nitrogens with one attached hydrogen (secondary N) is 3. The third kappa shape index (κ3) is 13.8. The Kier molecular flexibility index (Phi) is 17.5. The molecule has 4 aliphatic heterocycles. The first-order chi connectivity index (χ1) is 35.1. The van der Waals surface area contributed by atoms with Crippen molar-refractivity contribution in [1.82, 2.24) is 35.5 Å². The number of hydroxylamine groups is 2. The molecule has 0 bridgehead atoms. The van der Waals surface area contributed by atoms with Crippen molar-refractivity contribution in [2.24, 2.45) is 11.0 Å². The van der Waals surface area contributed by atoms with E-state index in [2.05, 4.69) is 31.0 Å². The fourth-order valence-corrected chi connectivity index (χ4v) is 11.9. The number of carbonyl (C=O) groups is 6. The number of hydrogen-bond donors (Lipinski definition) is 3. The Hall–Kier alpha value is -5.93. The zero-order chi connectivity index (χ0) is 51.7. The Morgan fingerprint density at radius 1 is 0.973 bits per heavy atom. The van der Waals surface area contributed by atoms with Crippen molar-refractivity contribution >= 4 is 89.2 Å². The number of piperazine rings is 1. The number of pyridine rings is 1. The number of ether oxygens (including phenoxy) is 1. The Balaban J connectivity index is 0.656. The number of amides is 6. The van der Waals surface area contributed by atoms with E-state index in [0.29, 0.717) is 78.6 Å². The Labute approximate surface area is 434 Å². The number of imide groups is 1. The van der Waals surface area contributed by atoms with Crippen molar-refractivity contribution in [3.63, 3.8) is 0 Å². The standard InChI is InChI=1S/C50H60B2FN9O9S2/c1-32(33-9-12-38(13-10-33)69-26-5-7-44(67)70-62-42(65)14-15-43(62)66)57-58-40(63)29-49(2,3)73-72-27-18-41(64)60-24-22-59(23-25-60)37-16-20-61(21-17-37)48(68)55-31-34-8-11-36(28-39(34)53)56-47-46-45(50(46,51)71-52-47)35-6-4-19-54-30-35/h4,6,8-13,19,28,30,37,45-46,56H,5,7,14-18,20-27,29,31H2,1-3H3,(H,55,68)(H,58,63)/b57-32+. The number of benzene rings is 2. The second kappa shape index (κ2) is 24.0. The van der Waals surface area contributed by atoms with E-state index in [1.807, 2.05) is 43.0 Å². The summed E-state index contributed by atoms with van der Waals surface area (Å²) < 4.78 is 26.3. The first-order valence-electron chi connectivity index (χ1n) is 24.7. The normalized spacial score (nSPS) is 21.2. The molecule has 5 heterocycles. The van der Waals surface area contributed by atoms with Crippen LogP contribution in [-0.4, -0.2) is 155 Å². The summed E-state index contributed by atoms with van der Waals surface area (Å²) in [6.45, 7) is 10.1. The van der Waals surface area contributed by atoms with Gasteiger partial charge in [-0.2, -0.15) is 5.10 Å². The molecule has 6 amide bonds. The van der Waals surface area contributed by atoms with Crippen molar-refractivity contribution in [3.05, 3.63) is 89.5 Å². The van der Waals surface area contributed by atoms with Crippen LogP contribution in [0.25, 0.3) is 0 Å². The zero-order valence-electron chi connectivity index (χ0n) is 41.3. The predicted octanol–water partition coefficient (Wildman–Crippen LogP) is 4.76. The molecule has 1 aliphatic carbocycles. The molecule has 3 N–H and O–H groups in total. The summed E-state index contributed by atoms with van der Waals surface area (Å²) in [5.74, 6) is -1.18. The van der Waals surface area contributed by atoms with Crippen LogP contribution < -0.4 is 20.8 Å². The van der Waals surface area contributed by atoms with Gasteiger partial charge in [0, 0.05) is 68.4 Å². The summed E-state index contributed by atoms with van der Waals surface area (Å²) in [5, 5.41) is 11.0. The van der Waals surface area contributed by atoms with E-state index in [-0.39, 0.29) is 68.5 Å². The summed E-state index contributed by atoms with van der Waals surface area (Å²) in [7, 11) is 11.2. The number of hydrazone groups is 1. The molecule has 3 aromatic rings. The number of piperidine rings is 1. The number of halogens is 1. The number of hydrogen-bond acceptors (Lipinski definition) is 15. The fraction of sp³-hybridized carbons (Fsp3) is 0.500. The van der Waals surface area contributed by atoms with Crippen LogP contribution in [0.1, 0.15) is 94.7 Å². The van der Waals surface area contributed by atoms with E-state index in [4.69, 9.17) is 22.1 Å². The van der Waals surface area contributed by atoms with Gasteiger partial charge in [-0.15, -0.1) is 5.06 Å². The van der Waals surface area contributed by atoms with Crippen LogP contribution in [0.4, 0.5) is 14.9 Å². The van der Waals surface area contributed by atoms with Crippen molar-refractivity contribution in [3.8, 4) is 5.75 Å². The van der Waals surface area contributed by atoms with E-state index in [1.54, 1.807) is 77.2 Å². The second-order valence-electron chi connectivity index (χ2n) is 19.4. The molecule has 3 saturated heterocycles. The molecule has 4 fully saturated rings. The number of nitrogens with zero attached hydrogens (tertiary/aromatic N) is 6. The van der Waals surface area contributed by atoms with Crippen molar-refractivity contribution in [1.29, 1.82) is 0 Å². The van der Waals surface area contributed by atoms with Gasteiger partial charge in [-0.05, 0) is 57.0 Å². The van der Waals surface area contributed by atoms with Gasteiger partial charge in [0.25, 0.3) is 11.8 Å². The summed E-state index contributed by atoms with van der Waals surface area (Å²) in [6.07, 6.45) is 6.16. The van der Waals surface area contributed by atoms with Crippen LogP contribution in [-0.2, 0) is 40.0 Å². The molecule has 23 heteroatoms. The molecule has 1 aromatic heterocycles. The van der Waals surface area contributed by atoms with E-state index in [0.717, 1.165) is 42.6 Å². The molecule has 18 nitrogen and oxygen atoms in total. The van der Waals surface area contributed by atoms with Crippen LogP contribution >= 0.6 is 21.6 Å². The maximum absolute atomic E-state index is 15.2. The van der Waals surface area contributed by atoms with Gasteiger partial charge in [0.1, 0.15) is 5.75 Å². The predicted molar refractivity (Wildman–Crippen MR) is 278 cm³/mol. The Bertz CT molecular complexity index is 2570. The fourth-order valence-electron chi connectivity index (χ4n) is 9.46. The van der Waals surface area contributed by atoms with E-state index in [1.165, 1.54) is 6.07 Å². The third-order valence-electron chi connectivity index (χ3n) is 13.6. The number of carbonyl (C=O) groups excluding carboxylic acids is 6. The molecule has 2 radical (unpaired) electrons. The van der Waals surface area contributed by atoms with Crippen LogP contribution in [0.3, 0.4) is 0 Å². The molecule has 2 aromatic carbocycles. The van der Waals surface area contributed by atoms with Crippen LogP contribution in [0.2, 0.25) is 0 Å². The SMILES string of the molecule is [B]C12OB=C(Nc3ccc(CNC(=O)N4CCC(N5CCN(C(=O)CCSSC(C)(C)CC(=O)N/N=C(\C)c6ccc(OCCCC(=O)ON7C(=O)CCC7=O)cc6)CC5)CC4)c(F)c3)C1C2c1cccnc1. The zero-order valence-corrected chi connectivity index (χ0v) is 42.9. The van der Waals surface area contributed by atoms with Gasteiger partial charge in [0.05, 0.1) is 18.7 Å². The van der Waals surface area contributed by atoms with E-state index >= 15 is 4.39 Å². The molecule has 8 rings (SSSR count). The van der Waals surface area contributed by atoms with Crippen LogP contribution in [0, 0.1) is 11.7 Å². The number of rotatable bonds is 21. The van der Waals surface area contributed by atoms with Gasteiger partial charge in [-0.1, -0.05) is 21.6 Å². The molecule has 73 heavy (non-hydrogen) atoms. The van der Waals surface area contributed by atoms with E-state index in [9.17, 15) is 28.8 Å². The van der Waals surface area contributed by atoms with Gasteiger partial charge in [-0.25, -0.2) is 10.2 Å². The molecular weight excluding hydrogens is 975 g/mol. The topological polar surface area (TPSA) is 204 Å². The molecule has 5 aliphatic rings. The molecule has 3 atom stereocenters. The molecule has 384 valence electrons. The first-order valence-corrected chi connectivity index (χ1v) is 27.0. The molecule has 3 unspecified atom stereocenters. The van der Waals surface area contributed by atoms with Gasteiger partial charge in [-0.3, -0.25) is 24.1 Å². The van der Waals surface area contributed by atoms with Gasteiger partial charge < -0.3 is 14.5 Å². The number of anilines is 1. The third-order valence-corrected chi connectivity index (χ3v) is 16.8. The van der Waals surface area contributed by atoms with Crippen molar-refractivity contribution in [2.45, 2.75) is 101 Å². The molecular formula is C50H60B2FN9O9S2. The summed E-state index contributed by atoms with van der Waals surface area (Å²) in [4.78, 5) is 89.5. The minimum atomic E-state index is -0.834. The average Bonchev–Trinajstić information content (AvgIpc) is 3.70. The van der Waals surface area contributed by atoms with E-state index < -0.39 is 33.8 Å². The first kappa shape index (κ1) is 53.4. The Morgan fingerprint density at radius 3 is 2.41 bits per heavy atom. The Morgan fingerprint density at radius 2 is 1.71 bits per heavy atom. The maximum atomic E-state index is 15.2. The van der Waals surface area contributed by atoms with Gasteiger partial charge in [0.15, 0.2) is 0 Å². The number of urea groups is 1. The second-order valence-corrected chi connectivity index (χ2v) is 22.5. The average molecular weight is 1040 g/mol. The monoisotopic (exact) mass is 1040 g/mol.